The molecule has 1 atom stereocenters. The molecule has 0 spiro atoms. The molecule has 0 aliphatic carbocycles. The van der Waals surface area contributed by atoms with E-state index in [1.807, 2.05) is 5.32 Å². The van der Waals surface area contributed by atoms with Crippen molar-refractivity contribution in [3.8, 4) is 0 Å². The second-order valence-electron chi connectivity index (χ2n) is 4.29. The molecule has 0 aromatic carbocycles. The van der Waals surface area contributed by atoms with Crippen molar-refractivity contribution >= 4 is 33.4 Å². The van der Waals surface area contributed by atoms with Gasteiger partial charge in [-0.1, -0.05) is 6.92 Å². The molecule has 0 unspecified atom stereocenters. The molecule has 3 N–H and O–H groups in total. The Hall–Kier alpha value is -1.84. The third-order valence-corrected chi connectivity index (χ3v) is 3.20. The number of nitrogens with one attached hydrogen (secondary N) is 1. The minimum absolute atomic E-state index is 0.0451. The first-order valence-corrected chi connectivity index (χ1v) is 6.70. The molecule has 0 aliphatic rings. The summed E-state index contributed by atoms with van der Waals surface area (Å²) in [6.07, 6.45) is -3.29. The topological polar surface area (TPSA) is 85.3 Å². The molecule has 0 fully saturated rings. The first-order chi connectivity index (χ1) is 9.72. The Labute approximate surface area is 125 Å². The van der Waals surface area contributed by atoms with Crippen LogP contribution in [-0.2, 0) is 0 Å². The summed E-state index contributed by atoms with van der Waals surface area (Å²) in [7, 11) is 0. The Morgan fingerprint density at radius 1 is 1.57 bits per heavy atom. The average molecular weight is 366 g/mol. The van der Waals surface area contributed by atoms with Gasteiger partial charge in [0.25, 0.3) is 5.91 Å². The highest BCUT2D eigenvalue weighted by Crippen LogP contribution is 2.23. The van der Waals surface area contributed by atoms with Gasteiger partial charge in [0.2, 0.25) is 5.95 Å². The number of pyridine rings is 1. The average Bonchev–Trinajstić information content (AvgIpc) is 2.73. The maximum atomic E-state index is 12.7. The van der Waals surface area contributed by atoms with Crippen LogP contribution in [0.4, 0.5) is 19.1 Å². The fraction of sp³-hybridized carbons (Fsp3) is 0.364. The van der Waals surface area contributed by atoms with Gasteiger partial charge in [0, 0.05) is 10.7 Å². The molecule has 0 saturated heterocycles. The first kappa shape index (κ1) is 15.5. The fourth-order valence-corrected chi connectivity index (χ4v) is 2.21. The molecular formula is C11H11BrF3N5O. The molecule has 0 aliphatic heterocycles. The van der Waals surface area contributed by atoms with Gasteiger partial charge in [0.15, 0.2) is 5.65 Å². The molecule has 6 nitrogen and oxygen atoms in total. The van der Waals surface area contributed by atoms with Crippen molar-refractivity contribution in [2.45, 2.75) is 25.6 Å². The third kappa shape index (κ3) is 3.26. The van der Waals surface area contributed by atoms with Crippen LogP contribution in [-0.4, -0.2) is 32.7 Å². The number of nitrogens with two attached hydrogens (primary N) is 1. The van der Waals surface area contributed by atoms with Gasteiger partial charge in [0.05, 0.1) is 5.56 Å². The number of fused-ring (bicyclic) bond motifs is 1. The second-order valence-corrected chi connectivity index (χ2v) is 5.20. The number of rotatable bonds is 3. The van der Waals surface area contributed by atoms with Crippen molar-refractivity contribution in [1.29, 1.82) is 0 Å². The maximum absolute atomic E-state index is 12.7. The van der Waals surface area contributed by atoms with E-state index in [2.05, 4.69) is 26.0 Å². The Morgan fingerprint density at radius 3 is 2.81 bits per heavy atom. The van der Waals surface area contributed by atoms with Crippen molar-refractivity contribution in [3.63, 3.8) is 0 Å². The summed E-state index contributed by atoms with van der Waals surface area (Å²) in [5.74, 6) is -0.970. The van der Waals surface area contributed by atoms with Crippen molar-refractivity contribution in [2.75, 3.05) is 5.73 Å². The quantitative estimate of drug-likeness (QED) is 0.872. The van der Waals surface area contributed by atoms with Crippen molar-refractivity contribution in [3.05, 3.63) is 22.3 Å². The monoisotopic (exact) mass is 365 g/mol. The number of halogens is 4. The Balaban J connectivity index is 2.39. The second kappa shape index (κ2) is 5.51. The van der Waals surface area contributed by atoms with Crippen LogP contribution in [0.3, 0.4) is 0 Å². The van der Waals surface area contributed by atoms with E-state index in [0.29, 0.717) is 4.47 Å². The molecule has 21 heavy (non-hydrogen) atoms. The van der Waals surface area contributed by atoms with Gasteiger partial charge in [-0.15, -0.1) is 5.10 Å². The SMILES string of the molecule is CC[C@H](NC(=O)c1cc(Br)cn2nc(N)nc12)C(F)(F)F. The number of nitrogen functional groups attached to an aromatic ring is 1. The third-order valence-electron chi connectivity index (χ3n) is 2.77. The van der Waals surface area contributed by atoms with Gasteiger partial charge < -0.3 is 11.1 Å². The number of nitrogens with zero attached hydrogens (tertiary/aromatic N) is 3. The molecule has 2 rings (SSSR count). The summed E-state index contributed by atoms with van der Waals surface area (Å²) in [6.45, 7) is 1.34. The highest BCUT2D eigenvalue weighted by Gasteiger charge is 2.39. The number of alkyl halides is 3. The number of hydrogen-bond acceptors (Lipinski definition) is 4. The van der Waals surface area contributed by atoms with E-state index < -0.39 is 18.1 Å². The zero-order chi connectivity index (χ0) is 15.8. The molecule has 1 amide bonds. The smallest absolute Gasteiger partial charge is 0.366 e. The number of carbonyl (C=O) groups excluding carboxylic acids is 1. The molecule has 0 saturated carbocycles. The van der Waals surface area contributed by atoms with Crippen LogP contribution in [0.2, 0.25) is 0 Å². The lowest BCUT2D eigenvalue weighted by Gasteiger charge is -2.20. The summed E-state index contributed by atoms with van der Waals surface area (Å²) in [5.41, 5.74) is 5.48. The van der Waals surface area contributed by atoms with E-state index in [-0.39, 0.29) is 23.6 Å². The number of hydrogen-bond donors (Lipinski definition) is 2. The standard InChI is InChI=1S/C11H11BrF3N5O/c1-2-7(11(13,14)15)17-9(21)6-3-5(12)4-20-8(6)18-10(16)19-20/h3-4,7H,2H2,1H3,(H2,16,19)(H,17,21)/t7-/m0/s1. The van der Waals surface area contributed by atoms with E-state index in [4.69, 9.17) is 5.73 Å². The molecule has 0 bridgehead atoms. The number of amides is 1. The molecule has 2 aromatic heterocycles. The summed E-state index contributed by atoms with van der Waals surface area (Å²) in [6, 6.07) is -0.564. The first-order valence-electron chi connectivity index (χ1n) is 5.91. The van der Waals surface area contributed by atoms with Crippen molar-refractivity contribution in [1.82, 2.24) is 19.9 Å². The minimum Gasteiger partial charge on any atom is -0.366 e. The van der Waals surface area contributed by atoms with Crippen LogP contribution in [0.1, 0.15) is 23.7 Å². The molecule has 2 heterocycles. The molecule has 10 heteroatoms. The van der Waals surface area contributed by atoms with Gasteiger partial charge >= 0.3 is 6.18 Å². The summed E-state index contributed by atoms with van der Waals surface area (Å²) in [4.78, 5) is 15.9. The summed E-state index contributed by atoms with van der Waals surface area (Å²) < 4.78 is 39.8. The van der Waals surface area contributed by atoms with Crippen LogP contribution >= 0.6 is 15.9 Å². The van der Waals surface area contributed by atoms with Crippen LogP contribution in [0.15, 0.2) is 16.7 Å². The number of carbonyl (C=O) groups is 1. The Bertz CT molecular complexity index is 684. The van der Waals surface area contributed by atoms with Gasteiger partial charge in [-0.05, 0) is 28.4 Å². The van der Waals surface area contributed by atoms with Gasteiger partial charge in [-0.2, -0.15) is 18.2 Å². The van der Waals surface area contributed by atoms with Crippen molar-refractivity contribution in [2.24, 2.45) is 0 Å². The molecule has 0 radical (unpaired) electrons. The highest BCUT2D eigenvalue weighted by molar-refractivity contribution is 9.10. The zero-order valence-electron chi connectivity index (χ0n) is 10.8. The normalized spacial score (nSPS) is 13.4. The lowest BCUT2D eigenvalue weighted by molar-refractivity contribution is -0.153. The van der Waals surface area contributed by atoms with E-state index in [1.165, 1.54) is 23.7 Å². The number of anilines is 1. The molecular weight excluding hydrogens is 355 g/mol. The zero-order valence-corrected chi connectivity index (χ0v) is 12.4. The largest absolute Gasteiger partial charge is 0.408 e. The Morgan fingerprint density at radius 2 is 2.24 bits per heavy atom. The van der Waals surface area contributed by atoms with Crippen LogP contribution in [0, 0.1) is 0 Å². The predicted molar refractivity (Wildman–Crippen MR) is 72.7 cm³/mol. The van der Waals surface area contributed by atoms with Gasteiger partial charge in [-0.25, -0.2) is 4.52 Å². The summed E-state index contributed by atoms with van der Waals surface area (Å²) >= 11 is 3.15. The summed E-state index contributed by atoms with van der Waals surface area (Å²) in [5, 5.41) is 5.76. The Kier molecular flexibility index (Phi) is 4.08. The molecule has 114 valence electrons. The van der Waals surface area contributed by atoms with E-state index in [1.54, 1.807) is 0 Å². The predicted octanol–water partition coefficient (Wildman–Crippen LogP) is 2.14. The van der Waals surface area contributed by atoms with E-state index >= 15 is 0 Å². The van der Waals surface area contributed by atoms with Crippen LogP contribution in [0.5, 0.6) is 0 Å². The lowest BCUT2D eigenvalue weighted by Crippen LogP contribution is -2.45. The highest BCUT2D eigenvalue weighted by atomic mass is 79.9. The van der Waals surface area contributed by atoms with Crippen LogP contribution < -0.4 is 11.1 Å². The van der Waals surface area contributed by atoms with Crippen LogP contribution in [0.25, 0.3) is 5.65 Å². The van der Waals surface area contributed by atoms with E-state index in [0.717, 1.165) is 0 Å². The minimum atomic E-state index is -4.51. The van der Waals surface area contributed by atoms with Gasteiger partial charge in [0.1, 0.15) is 6.04 Å². The van der Waals surface area contributed by atoms with Crippen molar-refractivity contribution < 1.29 is 18.0 Å². The lowest BCUT2D eigenvalue weighted by atomic mass is 10.2. The molecule has 2 aromatic rings. The van der Waals surface area contributed by atoms with Gasteiger partial charge in [-0.3, -0.25) is 4.79 Å². The number of aromatic nitrogens is 3. The van der Waals surface area contributed by atoms with E-state index in [9.17, 15) is 18.0 Å². The fourth-order valence-electron chi connectivity index (χ4n) is 1.79. The maximum Gasteiger partial charge on any atom is 0.408 e.